The molecule has 0 bridgehead atoms. The van der Waals surface area contributed by atoms with Gasteiger partial charge in [0.25, 0.3) is 0 Å². The molecule has 0 fully saturated rings. The summed E-state index contributed by atoms with van der Waals surface area (Å²) >= 11 is 0. The van der Waals surface area contributed by atoms with E-state index in [1.807, 2.05) is 0 Å². The third-order valence-corrected chi connectivity index (χ3v) is 9.34. The van der Waals surface area contributed by atoms with Gasteiger partial charge in [0.05, 0.1) is 63.5 Å². The van der Waals surface area contributed by atoms with Crippen molar-refractivity contribution in [3.8, 4) is 28.2 Å². The first-order valence-corrected chi connectivity index (χ1v) is 16.1. The molecule has 8 aromatic carbocycles. The van der Waals surface area contributed by atoms with Gasteiger partial charge in [-0.15, -0.1) is 0 Å². The number of aromatic nitrogens is 3. The predicted octanol–water partition coefficient (Wildman–Crippen LogP) is 12.6. The molecule has 3 heterocycles. The van der Waals surface area contributed by atoms with E-state index in [1.54, 1.807) is 77.4 Å². The van der Waals surface area contributed by atoms with E-state index in [0.29, 0.717) is 27.7 Å². The SMILES string of the molecule is [2H]c1cc2c(c([2H])c1[2H])c1c([2H])c(-n3c4ccccc4c4c([2H])c([2H])c([2H])c([2H])c43)c([2H])c([2H])c1n2-c1ccccc1-c1cccc(-n2c3c([2H])c([2H])c([2H])c([2H])c3c3c([2H])c([2H])c([2H])c([2H])c32)c1. The zero-order valence-corrected chi connectivity index (χ0v) is 26.3. The molecule has 11 rings (SSSR count). The van der Waals surface area contributed by atoms with Crippen LogP contribution in [0, 0.1) is 0 Å². The molecule has 11 aromatic rings. The molecule has 0 N–H and O–H groups in total. The molecule has 3 aromatic heterocycles. The van der Waals surface area contributed by atoms with Crippen molar-refractivity contribution in [1.29, 1.82) is 0 Å². The highest BCUT2D eigenvalue weighted by atomic mass is 15.0. The van der Waals surface area contributed by atoms with E-state index in [9.17, 15) is 5.48 Å². The summed E-state index contributed by atoms with van der Waals surface area (Å²) in [5.41, 5.74) is 1.60. The Morgan fingerprint density at radius 3 is 1.69 bits per heavy atom. The van der Waals surface area contributed by atoms with Crippen molar-refractivity contribution in [2.75, 3.05) is 0 Å². The largest absolute Gasteiger partial charge is 0.309 e. The van der Waals surface area contributed by atoms with Crippen LogP contribution in [0.15, 0.2) is 188 Å². The first kappa shape index (κ1) is 15.8. The van der Waals surface area contributed by atoms with E-state index in [1.165, 1.54) is 15.2 Å². The van der Waals surface area contributed by atoms with Crippen molar-refractivity contribution < 1.29 is 24.7 Å². The second kappa shape index (κ2) is 10.8. The topological polar surface area (TPSA) is 14.8 Å². The third-order valence-electron chi connectivity index (χ3n) is 9.34. The molecule has 0 spiro atoms. The minimum absolute atomic E-state index is 0.0190. The maximum absolute atomic E-state index is 9.95. The summed E-state index contributed by atoms with van der Waals surface area (Å²) < 4.78 is 165. The molecule has 3 heteroatoms. The number of para-hydroxylation sites is 6. The number of hydrogen-bond acceptors (Lipinski definition) is 0. The fourth-order valence-electron chi connectivity index (χ4n) is 7.23. The fourth-order valence-corrected chi connectivity index (χ4v) is 7.23. The van der Waals surface area contributed by atoms with Crippen LogP contribution in [0.25, 0.3) is 93.6 Å². The minimum atomic E-state index is -0.576. The van der Waals surface area contributed by atoms with Gasteiger partial charge < -0.3 is 13.7 Å². The van der Waals surface area contributed by atoms with Crippen molar-refractivity contribution in [3.63, 3.8) is 0 Å². The third kappa shape index (κ3) is 4.06. The van der Waals surface area contributed by atoms with E-state index >= 15 is 0 Å². The summed E-state index contributed by atoms with van der Waals surface area (Å²) in [5, 5.41) is 0.376. The lowest BCUT2D eigenvalue weighted by molar-refractivity contribution is 1.16. The van der Waals surface area contributed by atoms with Gasteiger partial charge in [-0.2, -0.15) is 0 Å². The van der Waals surface area contributed by atoms with Crippen molar-refractivity contribution in [1.82, 2.24) is 13.7 Å². The monoisotopic (exact) mass is 667 g/mol. The molecule has 0 aliphatic heterocycles. The summed E-state index contributed by atoms with van der Waals surface area (Å²) in [6.45, 7) is 0. The lowest BCUT2D eigenvalue weighted by Crippen LogP contribution is -1.99. The van der Waals surface area contributed by atoms with Crippen LogP contribution in [-0.2, 0) is 0 Å². The molecule has 0 saturated heterocycles. The van der Waals surface area contributed by atoms with E-state index < -0.39 is 90.6 Å². The lowest BCUT2D eigenvalue weighted by atomic mass is 10.0. The molecule has 0 atom stereocenters. The zero-order valence-electron chi connectivity index (χ0n) is 44.3. The number of benzene rings is 8. The van der Waals surface area contributed by atoms with Gasteiger partial charge in [-0.1, -0.05) is 121 Å². The molecule has 51 heavy (non-hydrogen) atoms. The van der Waals surface area contributed by atoms with Crippen LogP contribution in [0.3, 0.4) is 0 Å². The van der Waals surface area contributed by atoms with Crippen molar-refractivity contribution in [2.24, 2.45) is 0 Å². The number of nitrogens with zero attached hydrogens (tertiary/aromatic N) is 3. The van der Waals surface area contributed by atoms with Gasteiger partial charge >= 0.3 is 0 Å². The van der Waals surface area contributed by atoms with Gasteiger partial charge in [-0.25, -0.2) is 0 Å². The Morgan fingerprint density at radius 2 is 0.922 bits per heavy atom. The maximum atomic E-state index is 9.95. The molecule has 238 valence electrons. The highest BCUT2D eigenvalue weighted by Gasteiger charge is 2.19. The minimum Gasteiger partial charge on any atom is -0.309 e. The standard InChI is InChI=1S/C48H31N3/c1-7-22-42(35(16-1)32-14-13-15-33(30-32)49-43-23-8-2-17-36(43)37-18-3-9-24-44(37)49)51-47-27-12-6-21-40(47)41-31-34(28-29-48(41)51)50-45-25-10-4-19-38(45)39-20-5-11-26-46(39)50/h1-31H/i2D,3D,4D,6D,8D,9D,10D,12D,17D,18D,19D,21D,23D,24D,25D,28D,29D,31D. The molecule has 0 unspecified atom stereocenters. The molecule has 0 aliphatic rings. The Labute approximate surface area is 319 Å². The Balaban J connectivity index is 1.24. The normalized spacial score (nSPS) is 16.9. The van der Waals surface area contributed by atoms with Crippen LogP contribution >= 0.6 is 0 Å². The summed E-state index contributed by atoms with van der Waals surface area (Å²) in [4.78, 5) is 0. The van der Waals surface area contributed by atoms with Crippen LogP contribution < -0.4 is 0 Å². The molecular formula is C48H31N3. The van der Waals surface area contributed by atoms with Gasteiger partial charge in [0.1, 0.15) is 0 Å². The number of hydrogen-bond donors (Lipinski definition) is 0. The Hall–Kier alpha value is -6.84. The van der Waals surface area contributed by atoms with E-state index in [0.717, 1.165) is 0 Å². The van der Waals surface area contributed by atoms with Crippen molar-refractivity contribution >= 4 is 65.4 Å². The summed E-state index contributed by atoms with van der Waals surface area (Å²) in [5.74, 6) is 0. The van der Waals surface area contributed by atoms with Crippen LogP contribution in [0.1, 0.15) is 24.7 Å². The molecule has 0 radical (unpaired) electrons. The van der Waals surface area contributed by atoms with Crippen molar-refractivity contribution in [3.05, 3.63) is 188 Å². The van der Waals surface area contributed by atoms with E-state index in [4.69, 9.17) is 19.2 Å². The molecular weight excluding hydrogens is 619 g/mol. The summed E-state index contributed by atoms with van der Waals surface area (Å²) in [6, 6.07) is 13.1. The van der Waals surface area contributed by atoms with Gasteiger partial charge in [-0.3, -0.25) is 0 Å². The molecule has 3 nitrogen and oxygen atoms in total. The van der Waals surface area contributed by atoms with Gasteiger partial charge in [0.15, 0.2) is 0 Å². The Morgan fingerprint density at radius 1 is 0.353 bits per heavy atom. The number of fused-ring (bicyclic) bond motifs is 9. The summed E-state index contributed by atoms with van der Waals surface area (Å²) in [6.07, 6.45) is 0. The van der Waals surface area contributed by atoms with Gasteiger partial charge in [0, 0.05) is 49.3 Å². The molecule has 0 saturated carbocycles. The fraction of sp³-hybridized carbons (Fsp3) is 0. The quantitative estimate of drug-likeness (QED) is 0.177. The predicted molar refractivity (Wildman–Crippen MR) is 215 cm³/mol. The van der Waals surface area contributed by atoms with E-state index in [-0.39, 0.29) is 84.0 Å². The average molecular weight is 668 g/mol. The Kier molecular flexibility index (Phi) is 3.36. The second-order valence-corrected chi connectivity index (χ2v) is 12.0. The first-order chi connectivity index (χ1) is 32.8. The van der Waals surface area contributed by atoms with Crippen LogP contribution in [0.4, 0.5) is 0 Å². The molecule has 0 aliphatic carbocycles. The average Bonchev–Trinajstić information content (AvgIpc) is 4.01. The van der Waals surface area contributed by atoms with Crippen LogP contribution in [-0.4, -0.2) is 13.7 Å². The number of rotatable bonds is 4. The van der Waals surface area contributed by atoms with Crippen LogP contribution in [0.5, 0.6) is 0 Å². The van der Waals surface area contributed by atoms with Gasteiger partial charge in [0.2, 0.25) is 0 Å². The highest BCUT2D eigenvalue weighted by molar-refractivity contribution is 6.13. The lowest BCUT2D eigenvalue weighted by Gasteiger charge is -2.16. The first-order valence-electron chi connectivity index (χ1n) is 25.1. The maximum Gasteiger partial charge on any atom is 0.0652 e. The van der Waals surface area contributed by atoms with E-state index in [2.05, 4.69) is 0 Å². The molecule has 0 amide bonds. The smallest absolute Gasteiger partial charge is 0.0652 e. The Bertz CT molecular complexity index is 4110. The zero-order chi connectivity index (χ0) is 49.1. The van der Waals surface area contributed by atoms with Crippen LogP contribution in [0.2, 0.25) is 0 Å². The van der Waals surface area contributed by atoms with Crippen molar-refractivity contribution in [2.45, 2.75) is 0 Å². The van der Waals surface area contributed by atoms with Gasteiger partial charge in [-0.05, 0) is 72.1 Å². The second-order valence-electron chi connectivity index (χ2n) is 12.0. The highest BCUT2D eigenvalue weighted by Crippen LogP contribution is 2.40. The summed E-state index contributed by atoms with van der Waals surface area (Å²) in [7, 11) is 0.